The number of hydrogen-bond donors (Lipinski definition) is 0. The fraction of sp³-hybridized carbons (Fsp3) is 0. The van der Waals surface area contributed by atoms with Gasteiger partial charge in [-0.15, -0.1) is 0 Å². The van der Waals surface area contributed by atoms with Crippen LogP contribution < -0.4 is 4.90 Å². The van der Waals surface area contributed by atoms with Crippen LogP contribution in [-0.4, -0.2) is 0 Å². The second-order valence-corrected chi connectivity index (χ2v) is 19.1. The lowest BCUT2D eigenvalue weighted by atomic mass is 9.84. The number of nitrogens with zero attached hydrogens (tertiary/aromatic N) is 1. The van der Waals surface area contributed by atoms with Gasteiger partial charge in [0.15, 0.2) is 0 Å². The Bertz CT molecular complexity index is 4110. The number of anilines is 3. The van der Waals surface area contributed by atoms with Gasteiger partial charge in [0.25, 0.3) is 0 Å². The lowest BCUT2D eigenvalue weighted by molar-refractivity contribution is 1.28. The van der Waals surface area contributed by atoms with E-state index < -0.39 is 0 Å². The molecule has 1 heteroatoms. The maximum atomic E-state index is 2.44. The maximum Gasteiger partial charge on any atom is 0.0540 e. The summed E-state index contributed by atoms with van der Waals surface area (Å²) in [6, 6.07) is 113. The van der Waals surface area contributed by atoms with Gasteiger partial charge in [-0.2, -0.15) is 0 Å². The molecule has 0 radical (unpaired) electrons. The third-order valence-corrected chi connectivity index (χ3v) is 14.7. The lowest BCUT2D eigenvalue weighted by Gasteiger charge is -2.29. The maximum absolute atomic E-state index is 2.44. The van der Waals surface area contributed by atoms with Crippen molar-refractivity contribution in [1.29, 1.82) is 0 Å². The Balaban J connectivity index is 1.01. The van der Waals surface area contributed by atoms with Crippen LogP contribution in [0.4, 0.5) is 17.1 Å². The molecule has 13 rings (SSSR count). The zero-order valence-corrected chi connectivity index (χ0v) is 41.4. The highest BCUT2D eigenvalue weighted by molar-refractivity contribution is 6.22. The molecule has 0 bridgehead atoms. The topological polar surface area (TPSA) is 3.24 Å². The third-order valence-electron chi connectivity index (χ3n) is 14.7. The summed E-state index contributed by atoms with van der Waals surface area (Å²) < 4.78 is 0. The molecule has 0 aliphatic rings. The summed E-state index contributed by atoms with van der Waals surface area (Å²) in [5, 5.41) is 4.96. The van der Waals surface area contributed by atoms with E-state index in [1.54, 1.807) is 0 Å². The number of fused-ring (bicyclic) bond motifs is 3. The van der Waals surface area contributed by atoms with E-state index in [0.717, 1.165) is 44.9 Å². The largest absolute Gasteiger partial charge is 0.310 e. The van der Waals surface area contributed by atoms with Crippen molar-refractivity contribution in [3.05, 3.63) is 309 Å². The molecule has 0 N–H and O–H groups in total. The van der Waals surface area contributed by atoms with Crippen LogP contribution >= 0.6 is 0 Å². The third kappa shape index (κ3) is 8.67. The minimum atomic E-state index is 1.06. The Morgan fingerprint density at radius 1 is 0.173 bits per heavy atom. The fourth-order valence-corrected chi connectivity index (χ4v) is 11.2. The summed E-state index contributed by atoms with van der Waals surface area (Å²) in [4.78, 5) is 2.44. The van der Waals surface area contributed by atoms with Crippen molar-refractivity contribution in [3.8, 4) is 89.0 Å². The minimum Gasteiger partial charge on any atom is -0.310 e. The van der Waals surface area contributed by atoms with Gasteiger partial charge in [0.05, 0.1) is 5.69 Å². The summed E-state index contributed by atoms with van der Waals surface area (Å²) in [6.45, 7) is 0. The molecule has 0 atom stereocenters. The van der Waals surface area contributed by atoms with Crippen molar-refractivity contribution in [3.63, 3.8) is 0 Å². The van der Waals surface area contributed by atoms with Crippen LogP contribution in [0.25, 0.3) is 111 Å². The molecule has 0 aliphatic carbocycles. The van der Waals surface area contributed by atoms with Gasteiger partial charge < -0.3 is 4.90 Å². The Labute approximate surface area is 439 Å². The molecule has 0 spiro atoms. The van der Waals surface area contributed by atoms with Gasteiger partial charge in [-0.3, -0.25) is 0 Å². The Morgan fingerprint density at radius 3 is 1.15 bits per heavy atom. The van der Waals surface area contributed by atoms with Crippen LogP contribution in [0.1, 0.15) is 0 Å². The van der Waals surface area contributed by atoms with Crippen molar-refractivity contribution < 1.29 is 0 Å². The molecule has 0 unspecified atom stereocenters. The molecule has 352 valence electrons. The van der Waals surface area contributed by atoms with E-state index in [1.165, 1.54) is 82.7 Å². The van der Waals surface area contributed by atoms with E-state index in [2.05, 4.69) is 314 Å². The highest BCUT2D eigenvalue weighted by atomic mass is 15.1. The van der Waals surface area contributed by atoms with Crippen molar-refractivity contribution in [2.75, 3.05) is 4.90 Å². The second kappa shape index (κ2) is 20.0. The van der Waals surface area contributed by atoms with Gasteiger partial charge in [-0.1, -0.05) is 267 Å². The van der Waals surface area contributed by atoms with E-state index in [4.69, 9.17) is 0 Å². The molecule has 0 fully saturated rings. The van der Waals surface area contributed by atoms with Crippen molar-refractivity contribution in [1.82, 2.24) is 0 Å². The van der Waals surface area contributed by atoms with Crippen LogP contribution in [0.3, 0.4) is 0 Å². The zero-order valence-electron chi connectivity index (χ0n) is 41.4. The van der Waals surface area contributed by atoms with E-state index >= 15 is 0 Å². The van der Waals surface area contributed by atoms with Gasteiger partial charge in [-0.05, 0) is 147 Å². The van der Waals surface area contributed by atoms with Gasteiger partial charge >= 0.3 is 0 Å². The minimum absolute atomic E-state index is 1.06. The monoisotopic (exact) mass is 953 g/mol. The molecule has 75 heavy (non-hydrogen) atoms. The molecule has 13 aromatic rings. The molecular formula is C74H51N. The quantitative estimate of drug-likeness (QED) is 0.117. The number of benzene rings is 13. The number of rotatable bonds is 11. The van der Waals surface area contributed by atoms with Crippen molar-refractivity contribution in [2.45, 2.75) is 0 Å². The predicted molar refractivity (Wildman–Crippen MR) is 320 cm³/mol. The predicted octanol–water partition coefficient (Wildman–Crippen LogP) is 20.8. The zero-order chi connectivity index (χ0) is 49.9. The van der Waals surface area contributed by atoms with Gasteiger partial charge in [0.1, 0.15) is 0 Å². The molecule has 0 saturated carbocycles. The summed E-state index contributed by atoms with van der Waals surface area (Å²) in [5.41, 5.74) is 22.2. The average molecular weight is 954 g/mol. The summed E-state index contributed by atoms with van der Waals surface area (Å²) in [6.07, 6.45) is 0. The second-order valence-electron chi connectivity index (χ2n) is 19.1. The first-order chi connectivity index (χ1) is 37.2. The standard InChI is InChI=1S/C74H51N/c1-7-23-52(24-8-1)60-44-48-71(69(50-60)54-27-11-3-12-28-54)75(62-45-41-55(42-46-62)65-40-22-39-64(53-25-9-2-10-26-53)72(65)56-29-13-4-14-30-56)63-36-21-35-59(49-63)61-43-47-67-66-37-19-20-38-68(66)73(57-31-15-5-16-32-57)74(70(67)51-61)58-33-17-6-18-34-58/h1-51H. The van der Waals surface area contributed by atoms with Crippen LogP contribution in [-0.2, 0) is 0 Å². The van der Waals surface area contributed by atoms with Crippen molar-refractivity contribution in [2.24, 2.45) is 0 Å². The summed E-state index contributed by atoms with van der Waals surface area (Å²) in [5.74, 6) is 0. The van der Waals surface area contributed by atoms with E-state index in [-0.39, 0.29) is 0 Å². The highest BCUT2D eigenvalue weighted by Gasteiger charge is 2.22. The smallest absolute Gasteiger partial charge is 0.0540 e. The molecule has 0 amide bonds. The van der Waals surface area contributed by atoms with Crippen LogP contribution in [0.5, 0.6) is 0 Å². The Morgan fingerprint density at radius 2 is 0.560 bits per heavy atom. The molecule has 0 saturated heterocycles. The van der Waals surface area contributed by atoms with Crippen LogP contribution in [0, 0.1) is 0 Å². The summed E-state index contributed by atoms with van der Waals surface area (Å²) >= 11 is 0. The average Bonchev–Trinajstić information content (AvgIpc) is 3.52. The molecule has 0 aromatic heterocycles. The summed E-state index contributed by atoms with van der Waals surface area (Å²) in [7, 11) is 0. The van der Waals surface area contributed by atoms with E-state index in [9.17, 15) is 0 Å². The molecule has 13 aromatic carbocycles. The first kappa shape index (κ1) is 45.1. The van der Waals surface area contributed by atoms with Crippen LogP contribution in [0.15, 0.2) is 309 Å². The fourth-order valence-electron chi connectivity index (χ4n) is 11.2. The Kier molecular flexibility index (Phi) is 12.0. The SMILES string of the molecule is c1ccc(-c2ccc(N(c3ccc(-c4cccc(-c5ccccc5)c4-c4ccccc4)cc3)c3cccc(-c4ccc5c(c4)c(-c4ccccc4)c(-c4ccccc4)c4ccccc45)c3)c(-c3ccccc3)c2)cc1. The highest BCUT2D eigenvalue weighted by Crippen LogP contribution is 2.48. The molecule has 1 nitrogen and oxygen atoms in total. The van der Waals surface area contributed by atoms with Crippen LogP contribution in [0.2, 0.25) is 0 Å². The van der Waals surface area contributed by atoms with Gasteiger partial charge in [0.2, 0.25) is 0 Å². The lowest BCUT2D eigenvalue weighted by Crippen LogP contribution is -2.11. The van der Waals surface area contributed by atoms with Gasteiger partial charge in [0, 0.05) is 16.9 Å². The Hall–Kier alpha value is -9.82. The molecule has 0 heterocycles. The normalized spacial score (nSPS) is 11.2. The number of hydrogen-bond acceptors (Lipinski definition) is 1. The van der Waals surface area contributed by atoms with E-state index in [0.29, 0.717) is 0 Å². The molecular weight excluding hydrogens is 903 g/mol. The first-order valence-electron chi connectivity index (χ1n) is 25.8. The first-order valence-corrected chi connectivity index (χ1v) is 25.8. The van der Waals surface area contributed by atoms with Crippen molar-refractivity contribution >= 4 is 38.6 Å². The van der Waals surface area contributed by atoms with Gasteiger partial charge in [-0.25, -0.2) is 0 Å². The van der Waals surface area contributed by atoms with E-state index in [1.807, 2.05) is 0 Å². The molecule has 0 aliphatic heterocycles.